The summed E-state index contributed by atoms with van der Waals surface area (Å²) in [5.74, 6) is 0.993. The molecule has 0 bridgehead atoms. The monoisotopic (exact) mass is 345 g/mol. The van der Waals surface area contributed by atoms with E-state index in [0.717, 1.165) is 43.0 Å². The number of hydrogen-bond donors (Lipinski definition) is 2. The highest BCUT2D eigenvalue weighted by Gasteiger charge is 2.38. The Hall–Kier alpha value is -1.52. The molecule has 24 heavy (non-hydrogen) atoms. The molecular formula is C19H24ClN3O. The fourth-order valence-corrected chi connectivity index (χ4v) is 4.16. The molecule has 2 aromatic rings. The largest absolute Gasteiger partial charge is 0.356 e. The molecule has 128 valence electrons. The average molecular weight is 346 g/mol. The predicted octanol–water partition coefficient (Wildman–Crippen LogP) is 3.51. The Morgan fingerprint density at radius 3 is 2.83 bits per heavy atom. The van der Waals surface area contributed by atoms with Gasteiger partial charge in [-0.25, -0.2) is 0 Å². The van der Waals surface area contributed by atoms with Gasteiger partial charge >= 0.3 is 0 Å². The summed E-state index contributed by atoms with van der Waals surface area (Å²) in [5.41, 5.74) is 3.68. The number of H-pyrrole nitrogens is 1. The van der Waals surface area contributed by atoms with Crippen molar-refractivity contribution in [1.82, 2.24) is 15.2 Å². The van der Waals surface area contributed by atoms with Crippen molar-refractivity contribution >= 4 is 28.4 Å². The summed E-state index contributed by atoms with van der Waals surface area (Å²) >= 11 is 6.20. The first-order valence-corrected chi connectivity index (χ1v) is 9.23. The predicted molar refractivity (Wildman–Crippen MR) is 97.3 cm³/mol. The minimum absolute atomic E-state index is 0.146. The lowest BCUT2D eigenvalue weighted by atomic mass is 9.89. The van der Waals surface area contributed by atoms with Crippen molar-refractivity contribution in [3.8, 4) is 0 Å². The highest BCUT2D eigenvalue weighted by molar-refractivity contribution is 6.31. The van der Waals surface area contributed by atoms with Crippen molar-refractivity contribution in [2.75, 3.05) is 19.6 Å². The van der Waals surface area contributed by atoms with E-state index >= 15 is 0 Å². The highest BCUT2D eigenvalue weighted by atomic mass is 35.5. The summed E-state index contributed by atoms with van der Waals surface area (Å²) in [7, 11) is 0. The zero-order valence-electron chi connectivity index (χ0n) is 14.2. The lowest BCUT2D eigenvalue weighted by molar-refractivity contribution is -0.140. The van der Waals surface area contributed by atoms with E-state index in [1.807, 2.05) is 18.2 Å². The number of aromatic nitrogens is 1. The molecule has 0 aliphatic carbocycles. The van der Waals surface area contributed by atoms with E-state index < -0.39 is 0 Å². The normalized spacial score (nSPS) is 21.2. The molecule has 1 amide bonds. The van der Waals surface area contributed by atoms with Gasteiger partial charge in [0.1, 0.15) is 0 Å². The van der Waals surface area contributed by atoms with Crippen LogP contribution in [-0.2, 0) is 11.2 Å². The molecule has 1 aromatic carbocycles. The topological polar surface area (TPSA) is 48.1 Å². The van der Waals surface area contributed by atoms with Crippen molar-refractivity contribution in [3.63, 3.8) is 0 Å². The number of carbonyl (C=O) groups excluding carboxylic acids is 1. The molecule has 0 saturated carbocycles. The Morgan fingerprint density at radius 2 is 2.17 bits per heavy atom. The maximum atomic E-state index is 12.9. The standard InChI is InChI=1S/C19H24ClN3O/c1-11(2)7-17-18-14(15-8-13(20)3-4-16(15)22-18)5-6-23(17)19(24)12-9-21-10-12/h3-4,8,11-12,17,21-22H,5-7,9-10H2,1-2H3/t17-/m0/s1. The van der Waals surface area contributed by atoms with Crippen LogP contribution in [0.5, 0.6) is 0 Å². The van der Waals surface area contributed by atoms with E-state index in [2.05, 4.69) is 29.0 Å². The van der Waals surface area contributed by atoms with Crippen molar-refractivity contribution in [3.05, 3.63) is 34.5 Å². The number of benzene rings is 1. The van der Waals surface area contributed by atoms with Crippen LogP contribution in [0, 0.1) is 11.8 Å². The van der Waals surface area contributed by atoms with Gasteiger partial charge < -0.3 is 15.2 Å². The molecule has 2 aliphatic heterocycles. The minimum Gasteiger partial charge on any atom is -0.356 e. The number of nitrogens with zero attached hydrogens (tertiary/aromatic N) is 1. The van der Waals surface area contributed by atoms with Crippen LogP contribution in [0.2, 0.25) is 5.02 Å². The number of halogens is 1. The van der Waals surface area contributed by atoms with E-state index in [9.17, 15) is 4.79 Å². The maximum absolute atomic E-state index is 12.9. The molecule has 1 aromatic heterocycles. The molecule has 2 aliphatic rings. The lowest BCUT2D eigenvalue weighted by Gasteiger charge is -2.40. The molecule has 0 spiro atoms. The van der Waals surface area contributed by atoms with Crippen LogP contribution >= 0.6 is 11.6 Å². The van der Waals surface area contributed by atoms with Crippen LogP contribution in [0.15, 0.2) is 18.2 Å². The number of hydrogen-bond acceptors (Lipinski definition) is 2. The molecule has 1 saturated heterocycles. The van der Waals surface area contributed by atoms with Crippen LogP contribution in [0.25, 0.3) is 10.9 Å². The fourth-order valence-electron chi connectivity index (χ4n) is 3.99. The Balaban J connectivity index is 1.75. The molecule has 1 fully saturated rings. The Morgan fingerprint density at radius 1 is 1.38 bits per heavy atom. The molecule has 5 heteroatoms. The van der Waals surface area contributed by atoms with E-state index in [1.165, 1.54) is 16.6 Å². The van der Waals surface area contributed by atoms with Crippen molar-refractivity contribution < 1.29 is 4.79 Å². The van der Waals surface area contributed by atoms with Gasteiger partial charge in [0.25, 0.3) is 0 Å². The third-order valence-electron chi connectivity index (χ3n) is 5.32. The Labute approximate surface area is 147 Å². The third-order valence-corrected chi connectivity index (χ3v) is 5.56. The van der Waals surface area contributed by atoms with Crippen LogP contribution in [0.3, 0.4) is 0 Å². The first-order chi connectivity index (χ1) is 11.5. The van der Waals surface area contributed by atoms with Crippen LogP contribution in [0.1, 0.15) is 37.6 Å². The first-order valence-electron chi connectivity index (χ1n) is 8.85. The number of rotatable bonds is 3. The summed E-state index contributed by atoms with van der Waals surface area (Å²) in [5, 5.41) is 5.19. The van der Waals surface area contributed by atoms with E-state index in [0.29, 0.717) is 11.8 Å². The highest BCUT2D eigenvalue weighted by Crippen LogP contribution is 2.39. The van der Waals surface area contributed by atoms with Gasteiger partial charge in [0.15, 0.2) is 0 Å². The summed E-state index contributed by atoms with van der Waals surface area (Å²) in [6.07, 6.45) is 1.88. The zero-order chi connectivity index (χ0) is 16.8. The quantitative estimate of drug-likeness (QED) is 0.894. The molecule has 4 nitrogen and oxygen atoms in total. The summed E-state index contributed by atoms with van der Waals surface area (Å²) in [6, 6.07) is 6.16. The third kappa shape index (κ3) is 2.62. The van der Waals surface area contributed by atoms with Crippen LogP contribution in [-0.4, -0.2) is 35.4 Å². The molecule has 2 N–H and O–H groups in total. The molecule has 4 rings (SSSR count). The maximum Gasteiger partial charge on any atom is 0.228 e. The first kappa shape index (κ1) is 16.0. The Kier molecular flexibility index (Phi) is 4.05. The van der Waals surface area contributed by atoms with Gasteiger partial charge in [-0.2, -0.15) is 0 Å². The molecule has 3 heterocycles. The van der Waals surface area contributed by atoms with Gasteiger partial charge in [0.05, 0.1) is 12.0 Å². The van der Waals surface area contributed by atoms with Gasteiger partial charge in [0, 0.05) is 41.3 Å². The van der Waals surface area contributed by atoms with Gasteiger partial charge in [-0.05, 0) is 42.5 Å². The number of amides is 1. The molecular weight excluding hydrogens is 322 g/mol. The van der Waals surface area contributed by atoms with Crippen LogP contribution in [0.4, 0.5) is 0 Å². The molecule has 0 radical (unpaired) electrons. The number of nitrogens with one attached hydrogen (secondary N) is 2. The second-order valence-electron chi connectivity index (χ2n) is 7.49. The second kappa shape index (κ2) is 6.08. The van der Waals surface area contributed by atoms with E-state index in [4.69, 9.17) is 11.6 Å². The fraction of sp³-hybridized carbons (Fsp3) is 0.526. The van der Waals surface area contributed by atoms with Gasteiger partial charge in [0.2, 0.25) is 5.91 Å². The molecule has 0 unspecified atom stereocenters. The van der Waals surface area contributed by atoms with Crippen LogP contribution < -0.4 is 5.32 Å². The zero-order valence-corrected chi connectivity index (χ0v) is 15.0. The average Bonchev–Trinajstić information content (AvgIpc) is 2.83. The van der Waals surface area contributed by atoms with Crippen molar-refractivity contribution in [2.45, 2.75) is 32.7 Å². The lowest BCUT2D eigenvalue weighted by Crippen LogP contribution is -2.54. The van der Waals surface area contributed by atoms with Gasteiger partial charge in [-0.1, -0.05) is 25.4 Å². The SMILES string of the molecule is CC(C)C[C@H]1c2[nH]c3ccc(Cl)cc3c2CCN1C(=O)C1CNC1. The van der Waals surface area contributed by atoms with Crippen molar-refractivity contribution in [2.24, 2.45) is 11.8 Å². The summed E-state index contributed by atoms with van der Waals surface area (Å²) in [6.45, 7) is 6.89. The summed E-state index contributed by atoms with van der Waals surface area (Å²) in [4.78, 5) is 18.6. The van der Waals surface area contributed by atoms with E-state index in [1.54, 1.807) is 0 Å². The number of carbonyl (C=O) groups is 1. The smallest absolute Gasteiger partial charge is 0.228 e. The Bertz CT molecular complexity index is 778. The summed E-state index contributed by atoms with van der Waals surface area (Å²) < 4.78 is 0. The van der Waals surface area contributed by atoms with Gasteiger partial charge in [-0.3, -0.25) is 4.79 Å². The van der Waals surface area contributed by atoms with Crippen molar-refractivity contribution in [1.29, 1.82) is 0 Å². The molecule has 1 atom stereocenters. The second-order valence-corrected chi connectivity index (χ2v) is 7.93. The number of aromatic amines is 1. The minimum atomic E-state index is 0.146. The van der Waals surface area contributed by atoms with Gasteiger partial charge in [-0.15, -0.1) is 0 Å². The number of fused-ring (bicyclic) bond motifs is 3. The van der Waals surface area contributed by atoms with E-state index in [-0.39, 0.29) is 12.0 Å².